The molecule has 9 heteroatoms. The molecule has 1 atom stereocenters. The van der Waals surface area contributed by atoms with Gasteiger partial charge in [-0.05, 0) is 61.6 Å². The average molecular weight is 456 g/mol. The van der Waals surface area contributed by atoms with Crippen molar-refractivity contribution < 1.29 is 23.1 Å². The molecule has 0 fully saturated rings. The highest BCUT2D eigenvalue weighted by Gasteiger charge is 2.29. The van der Waals surface area contributed by atoms with Gasteiger partial charge in [0.05, 0.1) is 23.7 Å². The van der Waals surface area contributed by atoms with Crippen molar-refractivity contribution in [3.05, 3.63) is 66.0 Å². The molecule has 1 heterocycles. The van der Waals surface area contributed by atoms with Crippen LogP contribution in [-0.4, -0.2) is 35.9 Å². The number of hydrogen-bond donors (Lipinski definition) is 2. The summed E-state index contributed by atoms with van der Waals surface area (Å²) in [7, 11) is -3.75. The fourth-order valence-electron chi connectivity index (χ4n) is 4.00. The van der Waals surface area contributed by atoms with Crippen molar-refractivity contribution in [2.75, 3.05) is 6.61 Å². The molecule has 0 saturated carbocycles. The van der Waals surface area contributed by atoms with Gasteiger partial charge in [-0.1, -0.05) is 24.3 Å². The highest BCUT2D eigenvalue weighted by molar-refractivity contribution is 7.89. The fourth-order valence-corrected chi connectivity index (χ4v) is 5.25. The lowest BCUT2D eigenvalue weighted by molar-refractivity contribution is -0.137. The predicted octanol–water partition coefficient (Wildman–Crippen LogP) is 3.39. The molecule has 0 amide bonds. The van der Waals surface area contributed by atoms with Crippen molar-refractivity contribution >= 4 is 16.0 Å². The first kappa shape index (κ1) is 22.0. The largest absolute Gasteiger partial charge is 0.494 e. The second-order valence-electron chi connectivity index (χ2n) is 7.65. The lowest BCUT2D eigenvalue weighted by atomic mass is 9.94. The number of carbonyl (C=O) groups is 1. The molecule has 1 aliphatic carbocycles. The number of fused-ring (bicyclic) bond motifs is 1. The van der Waals surface area contributed by atoms with Crippen molar-refractivity contribution in [2.24, 2.45) is 0 Å². The lowest BCUT2D eigenvalue weighted by Crippen LogP contribution is -2.31. The van der Waals surface area contributed by atoms with E-state index >= 15 is 0 Å². The van der Waals surface area contributed by atoms with Crippen molar-refractivity contribution in [3.63, 3.8) is 0 Å². The Morgan fingerprint density at radius 1 is 1.16 bits per heavy atom. The number of aromatic nitrogens is 2. The van der Waals surface area contributed by atoms with E-state index < -0.39 is 22.0 Å². The first-order valence-corrected chi connectivity index (χ1v) is 12.0. The van der Waals surface area contributed by atoms with E-state index in [1.165, 1.54) is 4.68 Å². The maximum Gasteiger partial charge on any atom is 0.325 e. The standard InChI is InChI=1S/C23H25N3O5S/c1-2-31-18-10-6-16(7-11-18)17-8-12-19(13-9-17)32(29,30)25-21-4-3-5-22-20(21)14-24-26(22)15-23(27)28/h6-14,21,25H,2-5,15H2,1H3,(H,27,28). The molecule has 168 valence electrons. The maximum atomic E-state index is 13.0. The smallest absolute Gasteiger partial charge is 0.325 e. The summed E-state index contributed by atoms with van der Waals surface area (Å²) in [6.07, 6.45) is 3.63. The molecule has 2 aromatic carbocycles. The second kappa shape index (κ2) is 9.13. The third-order valence-corrected chi connectivity index (χ3v) is 7.00. The lowest BCUT2D eigenvalue weighted by Gasteiger charge is -2.24. The fraction of sp³-hybridized carbons (Fsp3) is 0.304. The number of nitrogens with one attached hydrogen (secondary N) is 1. The van der Waals surface area contributed by atoms with Crippen molar-refractivity contribution in [1.29, 1.82) is 0 Å². The third kappa shape index (κ3) is 4.68. The second-order valence-corrected chi connectivity index (χ2v) is 9.36. The number of aliphatic carboxylic acids is 1. The van der Waals surface area contributed by atoms with E-state index in [9.17, 15) is 13.2 Å². The van der Waals surface area contributed by atoms with Gasteiger partial charge in [0.2, 0.25) is 10.0 Å². The Balaban J connectivity index is 1.51. The van der Waals surface area contributed by atoms with E-state index in [1.807, 2.05) is 31.2 Å². The molecule has 1 aliphatic rings. The van der Waals surface area contributed by atoms with Crippen molar-refractivity contribution in [1.82, 2.24) is 14.5 Å². The van der Waals surface area contributed by atoms with Gasteiger partial charge in [0.25, 0.3) is 0 Å². The number of ether oxygens (including phenoxy) is 1. The van der Waals surface area contributed by atoms with E-state index in [0.29, 0.717) is 19.4 Å². The van der Waals surface area contributed by atoms with E-state index in [2.05, 4.69) is 9.82 Å². The Morgan fingerprint density at radius 3 is 2.44 bits per heavy atom. The molecule has 1 aromatic heterocycles. The first-order valence-electron chi connectivity index (χ1n) is 10.5. The van der Waals surface area contributed by atoms with Crippen LogP contribution < -0.4 is 9.46 Å². The zero-order chi connectivity index (χ0) is 22.7. The molecule has 32 heavy (non-hydrogen) atoms. The maximum absolute atomic E-state index is 13.0. The number of rotatable bonds is 8. The zero-order valence-corrected chi connectivity index (χ0v) is 18.5. The first-order chi connectivity index (χ1) is 15.4. The summed E-state index contributed by atoms with van der Waals surface area (Å²) in [5, 5.41) is 13.2. The Labute approximate surface area is 186 Å². The van der Waals surface area contributed by atoms with Crippen LogP contribution in [-0.2, 0) is 27.8 Å². The summed E-state index contributed by atoms with van der Waals surface area (Å²) >= 11 is 0. The van der Waals surface area contributed by atoms with E-state index in [-0.39, 0.29) is 11.4 Å². The zero-order valence-electron chi connectivity index (χ0n) is 17.7. The molecule has 0 bridgehead atoms. The van der Waals surface area contributed by atoms with Crippen LogP contribution >= 0.6 is 0 Å². The molecule has 0 saturated heterocycles. The molecule has 3 aromatic rings. The summed E-state index contributed by atoms with van der Waals surface area (Å²) in [5.74, 6) is -0.190. The minimum atomic E-state index is -3.75. The van der Waals surface area contributed by atoms with Crippen LogP contribution in [0, 0.1) is 0 Å². The van der Waals surface area contributed by atoms with Gasteiger partial charge >= 0.3 is 5.97 Å². The number of hydrogen-bond acceptors (Lipinski definition) is 5. The summed E-state index contributed by atoms with van der Waals surface area (Å²) in [6, 6.07) is 13.9. The molecule has 2 N–H and O–H groups in total. The van der Waals surface area contributed by atoms with Crippen LogP contribution in [0.15, 0.2) is 59.6 Å². The Kier molecular flexibility index (Phi) is 6.29. The van der Waals surface area contributed by atoms with Gasteiger partial charge in [0.1, 0.15) is 12.3 Å². The highest BCUT2D eigenvalue weighted by atomic mass is 32.2. The monoisotopic (exact) mass is 455 g/mol. The topological polar surface area (TPSA) is 111 Å². The molecule has 0 radical (unpaired) electrons. The number of carboxylic acid groups (broad SMARTS) is 1. The van der Waals surface area contributed by atoms with Gasteiger partial charge in [-0.15, -0.1) is 0 Å². The SMILES string of the molecule is CCOc1ccc(-c2ccc(S(=O)(=O)NC3CCCc4c3cnn4CC(=O)O)cc2)cc1. The molecule has 4 rings (SSSR count). The van der Waals surface area contributed by atoms with Gasteiger partial charge in [0.15, 0.2) is 0 Å². The van der Waals surface area contributed by atoms with Crippen LogP contribution in [0.1, 0.15) is 37.1 Å². The van der Waals surface area contributed by atoms with Crippen LogP contribution in [0.4, 0.5) is 0 Å². The van der Waals surface area contributed by atoms with Crippen LogP contribution in [0.5, 0.6) is 5.75 Å². The quantitative estimate of drug-likeness (QED) is 0.539. The summed E-state index contributed by atoms with van der Waals surface area (Å²) in [4.78, 5) is 11.2. The van der Waals surface area contributed by atoms with Gasteiger partial charge in [0, 0.05) is 11.3 Å². The van der Waals surface area contributed by atoms with Crippen LogP contribution in [0.25, 0.3) is 11.1 Å². The predicted molar refractivity (Wildman–Crippen MR) is 119 cm³/mol. The van der Waals surface area contributed by atoms with E-state index in [1.54, 1.807) is 30.5 Å². The number of nitrogens with zero attached hydrogens (tertiary/aromatic N) is 2. The van der Waals surface area contributed by atoms with E-state index in [0.717, 1.165) is 34.6 Å². The van der Waals surface area contributed by atoms with Crippen LogP contribution in [0.2, 0.25) is 0 Å². The number of sulfonamides is 1. The summed E-state index contributed by atoms with van der Waals surface area (Å²) in [5.41, 5.74) is 3.39. The normalized spacial score (nSPS) is 15.8. The van der Waals surface area contributed by atoms with Gasteiger partial charge in [-0.2, -0.15) is 5.10 Å². The summed E-state index contributed by atoms with van der Waals surface area (Å²) in [6.45, 7) is 2.29. The van der Waals surface area contributed by atoms with Gasteiger partial charge < -0.3 is 9.84 Å². The Bertz CT molecular complexity index is 1200. The minimum absolute atomic E-state index is 0.178. The molecule has 8 nitrogen and oxygen atoms in total. The van der Waals surface area contributed by atoms with Gasteiger partial charge in [-0.3, -0.25) is 9.48 Å². The molecular formula is C23H25N3O5S. The van der Waals surface area contributed by atoms with Crippen molar-refractivity contribution in [3.8, 4) is 16.9 Å². The number of benzene rings is 2. The Hall–Kier alpha value is -3.17. The third-order valence-electron chi connectivity index (χ3n) is 5.51. The summed E-state index contributed by atoms with van der Waals surface area (Å²) < 4.78 is 35.7. The number of carboxylic acids is 1. The van der Waals surface area contributed by atoms with Gasteiger partial charge in [-0.25, -0.2) is 13.1 Å². The average Bonchev–Trinajstić information content (AvgIpc) is 3.18. The highest BCUT2D eigenvalue weighted by Crippen LogP contribution is 2.31. The minimum Gasteiger partial charge on any atom is -0.494 e. The molecule has 0 aliphatic heterocycles. The molecule has 0 spiro atoms. The van der Waals surface area contributed by atoms with E-state index in [4.69, 9.17) is 9.84 Å². The molecule has 1 unspecified atom stereocenters. The Morgan fingerprint density at radius 2 is 1.81 bits per heavy atom. The van der Waals surface area contributed by atoms with Crippen molar-refractivity contribution in [2.45, 2.75) is 43.7 Å². The molecular weight excluding hydrogens is 430 g/mol. The van der Waals surface area contributed by atoms with Crippen LogP contribution in [0.3, 0.4) is 0 Å².